The van der Waals surface area contributed by atoms with Gasteiger partial charge in [-0.3, -0.25) is 9.59 Å². The van der Waals surface area contributed by atoms with E-state index in [2.05, 4.69) is 0 Å². The maximum atomic E-state index is 10.8. The first kappa shape index (κ1) is 16.1. The van der Waals surface area contributed by atoms with Crippen molar-refractivity contribution in [2.75, 3.05) is 0 Å². The molecule has 0 radical (unpaired) electrons. The van der Waals surface area contributed by atoms with Crippen LogP contribution in [0.1, 0.15) is 18.9 Å². The SMILES string of the molecule is CC(C[C@@H](N)C(=O)O)C(C=CC=O)Cc1ccccc1. The Balaban J connectivity index is 2.75. The number of benzene rings is 1. The zero-order valence-corrected chi connectivity index (χ0v) is 11.6. The molecule has 0 saturated carbocycles. The number of hydrogen-bond donors (Lipinski definition) is 2. The average molecular weight is 275 g/mol. The molecule has 0 saturated heterocycles. The summed E-state index contributed by atoms with van der Waals surface area (Å²) in [6.45, 7) is 1.96. The summed E-state index contributed by atoms with van der Waals surface area (Å²) >= 11 is 0. The molecule has 0 spiro atoms. The Kier molecular flexibility index (Phi) is 6.67. The lowest BCUT2D eigenvalue weighted by Gasteiger charge is -2.22. The molecule has 4 heteroatoms. The molecular formula is C16H21NO3. The first-order valence-electron chi connectivity index (χ1n) is 6.69. The standard InChI is InChI=1S/C16H21NO3/c1-12(10-15(17)16(19)20)14(8-5-9-18)11-13-6-3-2-4-7-13/h2-9,12,14-15H,10-11,17H2,1H3,(H,19,20)/t12?,14?,15-/m1/s1. The highest BCUT2D eigenvalue weighted by molar-refractivity contribution is 5.73. The highest BCUT2D eigenvalue weighted by atomic mass is 16.4. The van der Waals surface area contributed by atoms with E-state index in [1.807, 2.05) is 43.3 Å². The molecule has 0 aliphatic heterocycles. The van der Waals surface area contributed by atoms with Gasteiger partial charge in [0.1, 0.15) is 12.3 Å². The van der Waals surface area contributed by atoms with Crippen molar-refractivity contribution in [3.05, 3.63) is 48.0 Å². The number of aldehydes is 1. The van der Waals surface area contributed by atoms with E-state index in [1.54, 1.807) is 0 Å². The molecule has 0 aromatic heterocycles. The van der Waals surface area contributed by atoms with Crippen LogP contribution >= 0.6 is 0 Å². The summed E-state index contributed by atoms with van der Waals surface area (Å²) in [5.74, 6) is -0.819. The normalized spacial score (nSPS) is 15.7. The van der Waals surface area contributed by atoms with E-state index in [0.717, 1.165) is 18.3 Å². The van der Waals surface area contributed by atoms with Crippen molar-refractivity contribution in [1.82, 2.24) is 0 Å². The van der Waals surface area contributed by atoms with Gasteiger partial charge >= 0.3 is 5.97 Å². The van der Waals surface area contributed by atoms with E-state index >= 15 is 0 Å². The van der Waals surface area contributed by atoms with Crippen LogP contribution in [0.4, 0.5) is 0 Å². The Hall–Kier alpha value is -1.94. The molecule has 0 amide bonds. The summed E-state index contributed by atoms with van der Waals surface area (Å²) in [6.07, 6.45) is 5.19. The van der Waals surface area contributed by atoms with Crippen LogP contribution in [0.2, 0.25) is 0 Å². The molecule has 1 aromatic rings. The van der Waals surface area contributed by atoms with E-state index in [4.69, 9.17) is 10.8 Å². The number of hydrogen-bond acceptors (Lipinski definition) is 3. The Morgan fingerprint density at radius 3 is 2.55 bits per heavy atom. The van der Waals surface area contributed by atoms with E-state index < -0.39 is 12.0 Å². The fraction of sp³-hybridized carbons (Fsp3) is 0.375. The second-order valence-corrected chi connectivity index (χ2v) is 5.03. The third-order valence-corrected chi connectivity index (χ3v) is 3.42. The third-order valence-electron chi connectivity index (χ3n) is 3.42. The molecule has 0 heterocycles. The number of rotatable bonds is 8. The Morgan fingerprint density at radius 1 is 1.35 bits per heavy atom. The second-order valence-electron chi connectivity index (χ2n) is 5.03. The van der Waals surface area contributed by atoms with E-state index in [0.29, 0.717) is 6.42 Å². The van der Waals surface area contributed by atoms with Crippen LogP contribution in [-0.2, 0) is 16.0 Å². The van der Waals surface area contributed by atoms with Crippen LogP contribution < -0.4 is 5.73 Å². The van der Waals surface area contributed by atoms with Gasteiger partial charge in [0.05, 0.1) is 0 Å². The topological polar surface area (TPSA) is 80.4 Å². The lowest BCUT2D eigenvalue weighted by molar-refractivity contribution is -0.139. The molecule has 108 valence electrons. The monoisotopic (exact) mass is 275 g/mol. The molecule has 3 atom stereocenters. The van der Waals surface area contributed by atoms with Crippen LogP contribution in [0, 0.1) is 11.8 Å². The van der Waals surface area contributed by atoms with Crippen LogP contribution in [0.15, 0.2) is 42.5 Å². The van der Waals surface area contributed by atoms with Crippen molar-refractivity contribution in [2.45, 2.75) is 25.8 Å². The predicted molar refractivity (Wildman–Crippen MR) is 78.2 cm³/mol. The van der Waals surface area contributed by atoms with Crippen molar-refractivity contribution in [1.29, 1.82) is 0 Å². The van der Waals surface area contributed by atoms with Gasteiger partial charge in [-0.1, -0.05) is 43.3 Å². The van der Waals surface area contributed by atoms with Gasteiger partial charge in [0.2, 0.25) is 0 Å². The first-order valence-corrected chi connectivity index (χ1v) is 6.69. The fourth-order valence-electron chi connectivity index (χ4n) is 2.21. The van der Waals surface area contributed by atoms with Crippen molar-refractivity contribution in [2.24, 2.45) is 17.6 Å². The predicted octanol–water partition coefficient (Wildman–Crippen LogP) is 2.04. The molecule has 20 heavy (non-hydrogen) atoms. The van der Waals surface area contributed by atoms with Crippen LogP contribution in [0.5, 0.6) is 0 Å². The molecule has 0 aliphatic rings. The lowest BCUT2D eigenvalue weighted by Crippen LogP contribution is -2.33. The molecule has 0 fully saturated rings. The zero-order chi connectivity index (χ0) is 15.0. The highest BCUT2D eigenvalue weighted by Crippen LogP contribution is 2.23. The lowest BCUT2D eigenvalue weighted by atomic mass is 9.84. The maximum absolute atomic E-state index is 10.8. The summed E-state index contributed by atoms with van der Waals surface area (Å²) in [5, 5.41) is 8.88. The fourth-order valence-corrected chi connectivity index (χ4v) is 2.21. The van der Waals surface area contributed by atoms with E-state index in [9.17, 15) is 9.59 Å². The van der Waals surface area contributed by atoms with Gasteiger partial charge in [0.15, 0.2) is 0 Å². The summed E-state index contributed by atoms with van der Waals surface area (Å²) < 4.78 is 0. The number of carboxylic acid groups (broad SMARTS) is 1. The van der Waals surface area contributed by atoms with E-state index in [1.165, 1.54) is 6.08 Å². The van der Waals surface area contributed by atoms with Crippen LogP contribution in [0.3, 0.4) is 0 Å². The zero-order valence-electron chi connectivity index (χ0n) is 11.6. The molecule has 4 nitrogen and oxygen atoms in total. The largest absolute Gasteiger partial charge is 0.480 e. The number of carboxylic acids is 1. The molecule has 1 rings (SSSR count). The Bertz CT molecular complexity index is 456. The van der Waals surface area contributed by atoms with Crippen molar-refractivity contribution in [3.8, 4) is 0 Å². The summed E-state index contributed by atoms with van der Waals surface area (Å²) in [5.41, 5.74) is 6.74. The minimum atomic E-state index is -0.991. The van der Waals surface area contributed by atoms with Crippen LogP contribution in [-0.4, -0.2) is 23.4 Å². The van der Waals surface area contributed by atoms with E-state index in [-0.39, 0.29) is 11.8 Å². The van der Waals surface area contributed by atoms with Gasteiger partial charge in [-0.2, -0.15) is 0 Å². The molecular weight excluding hydrogens is 254 g/mol. The highest BCUT2D eigenvalue weighted by Gasteiger charge is 2.21. The minimum absolute atomic E-state index is 0.0810. The molecule has 0 bridgehead atoms. The quantitative estimate of drug-likeness (QED) is 0.562. The third kappa shape index (κ3) is 5.36. The van der Waals surface area contributed by atoms with Gasteiger partial charge in [-0.05, 0) is 36.3 Å². The Labute approximate surface area is 119 Å². The number of aliphatic carboxylic acids is 1. The van der Waals surface area contributed by atoms with Gasteiger partial charge in [0.25, 0.3) is 0 Å². The Morgan fingerprint density at radius 2 is 2.00 bits per heavy atom. The molecule has 1 aromatic carbocycles. The number of allylic oxidation sites excluding steroid dienone is 2. The summed E-state index contributed by atoms with van der Waals surface area (Å²) in [4.78, 5) is 21.3. The first-order chi connectivity index (χ1) is 9.54. The van der Waals surface area contributed by atoms with Gasteiger partial charge in [0, 0.05) is 0 Å². The minimum Gasteiger partial charge on any atom is -0.480 e. The maximum Gasteiger partial charge on any atom is 0.320 e. The molecule has 0 aliphatic carbocycles. The van der Waals surface area contributed by atoms with Gasteiger partial charge in [-0.15, -0.1) is 0 Å². The average Bonchev–Trinajstić information content (AvgIpc) is 2.44. The van der Waals surface area contributed by atoms with Crippen molar-refractivity contribution < 1.29 is 14.7 Å². The summed E-state index contributed by atoms with van der Waals surface area (Å²) in [7, 11) is 0. The van der Waals surface area contributed by atoms with Crippen LogP contribution in [0.25, 0.3) is 0 Å². The van der Waals surface area contributed by atoms with Gasteiger partial charge in [-0.25, -0.2) is 0 Å². The number of carbonyl (C=O) groups is 2. The second kappa shape index (κ2) is 8.27. The molecule has 2 unspecified atom stereocenters. The molecule has 3 N–H and O–H groups in total. The number of carbonyl (C=O) groups excluding carboxylic acids is 1. The van der Waals surface area contributed by atoms with Crippen molar-refractivity contribution in [3.63, 3.8) is 0 Å². The number of nitrogens with two attached hydrogens (primary N) is 1. The smallest absolute Gasteiger partial charge is 0.320 e. The summed E-state index contributed by atoms with van der Waals surface area (Å²) in [6, 6.07) is 9.04. The van der Waals surface area contributed by atoms with Gasteiger partial charge < -0.3 is 10.8 Å². The van der Waals surface area contributed by atoms with Crippen molar-refractivity contribution >= 4 is 12.3 Å².